The van der Waals surface area contributed by atoms with Crippen molar-refractivity contribution < 1.29 is 4.39 Å². The molecule has 2 heteroatoms. The highest BCUT2D eigenvalue weighted by Gasteiger charge is 2.08. The van der Waals surface area contributed by atoms with Crippen LogP contribution in [0.4, 0.5) is 4.39 Å². The summed E-state index contributed by atoms with van der Waals surface area (Å²) in [6, 6.07) is 24.0. The first-order chi connectivity index (χ1) is 14.2. The summed E-state index contributed by atoms with van der Waals surface area (Å²) in [4.78, 5) is 4.55. The smallest absolute Gasteiger partial charge is 0.123 e. The van der Waals surface area contributed by atoms with Crippen LogP contribution in [0.5, 0.6) is 0 Å². The van der Waals surface area contributed by atoms with Crippen molar-refractivity contribution in [2.45, 2.75) is 39.0 Å². The van der Waals surface area contributed by atoms with Crippen molar-refractivity contribution in [3.8, 4) is 22.4 Å². The number of hydrogen-bond donors (Lipinski definition) is 0. The number of hydrogen-bond acceptors (Lipinski definition) is 1. The van der Waals surface area contributed by atoms with Crippen LogP contribution in [0.1, 0.15) is 38.2 Å². The molecule has 3 aromatic carbocycles. The van der Waals surface area contributed by atoms with E-state index < -0.39 is 0 Å². The minimum absolute atomic E-state index is 0.238. The van der Waals surface area contributed by atoms with Crippen LogP contribution in [-0.4, -0.2) is 4.98 Å². The third kappa shape index (κ3) is 4.54. The van der Waals surface area contributed by atoms with Crippen LogP contribution in [0, 0.1) is 5.82 Å². The number of aromatic nitrogens is 1. The Morgan fingerprint density at radius 1 is 0.759 bits per heavy atom. The molecule has 4 rings (SSSR count). The third-order valence-corrected chi connectivity index (χ3v) is 5.47. The van der Waals surface area contributed by atoms with Gasteiger partial charge in [-0.3, -0.25) is 4.98 Å². The summed E-state index contributed by atoms with van der Waals surface area (Å²) in [7, 11) is 0. The zero-order valence-corrected chi connectivity index (χ0v) is 16.9. The van der Waals surface area contributed by atoms with Crippen molar-refractivity contribution in [3.05, 3.63) is 90.4 Å². The van der Waals surface area contributed by atoms with Gasteiger partial charge in [0, 0.05) is 17.1 Å². The van der Waals surface area contributed by atoms with Crippen LogP contribution in [0.25, 0.3) is 33.2 Å². The molecule has 0 aliphatic heterocycles. The molecule has 0 fully saturated rings. The number of aryl methyl sites for hydroxylation is 1. The van der Waals surface area contributed by atoms with E-state index in [1.54, 1.807) is 18.3 Å². The highest BCUT2D eigenvalue weighted by atomic mass is 19.1. The lowest BCUT2D eigenvalue weighted by atomic mass is 9.97. The highest BCUT2D eigenvalue weighted by Crippen LogP contribution is 2.30. The number of nitrogens with zero attached hydrogens (tertiary/aromatic N) is 1. The number of rotatable bonds is 7. The molecular formula is C27H26FN. The number of unbranched alkanes of at least 4 members (excludes halogenated alkanes) is 3. The van der Waals surface area contributed by atoms with E-state index in [1.165, 1.54) is 42.9 Å². The van der Waals surface area contributed by atoms with Crippen LogP contribution in [0.2, 0.25) is 0 Å². The normalized spacial score (nSPS) is 11.1. The van der Waals surface area contributed by atoms with Gasteiger partial charge in [-0.15, -0.1) is 0 Å². The maximum Gasteiger partial charge on any atom is 0.123 e. The van der Waals surface area contributed by atoms with Crippen molar-refractivity contribution in [2.24, 2.45) is 0 Å². The van der Waals surface area contributed by atoms with E-state index in [1.807, 2.05) is 18.2 Å². The van der Waals surface area contributed by atoms with E-state index in [9.17, 15) is 4.39 Å². The minimum Gasteiger partial charge on any atom is -0.256 e. The molecule has 0 N–H and O–H groups in total. The lowest BCUT2D eigenvalue weighted by Gasteiger charge is -2.09. The molecule has 0 saturated carbocycles. The van der Waals surface area contributed by atoms with Gasteiger partial charge in [-0.25, -0.2) is 4.39 Å². The average molecular weight is 384 g/mol. The Morgan fingerprint density at radius 2 is 1.59 bits per heavy atom. The van der Waals surface area contributed by atoms with Gasteiger partial charge in [0.25, 0.3) is 0 Å². The van der Waals surface area contributed by atoms with Gasteiger partial charge in [-0.2, -0.15) is 0 Å². The van der Waals surface area contributed by atoms with Crippen LogP contribution in [-0.2, 0) is 6.42 Å². The molecule has 0 atom stereocenters. The lowest BCUT2D eigenvalue weighted by Crippen LogP contribution is -1.89. The molecule has 29 heavy (non-hydrogen) atoms. The van der Waals surface area contributed by atoms with Crippen molar-refractivity contribution >= 4 is 10.8 Å². The maximum atomic E-state index is 13.8. The van der Waals surface area contributed by atoms with Gasteiger partial charge < -0.3 is 0 Å². The molecule has 0 spiro atoms. The Balaban J connectivity index is 1.61. The van der Waals surface area contributed by atoms with Crippen molar-refractivity contribution in [1.29, 1.82) is 0 Å². The molecule has 0 amide bonds. The predicted octanol–water partition coefficient (Wildman–Crippen LogP) is 7.83. The zero-order valence-electron chi connectivity index (χ0n) is 16.9. The molecule has 0 aliphatic carbocycles. The van der Waals surface area contributed by atoms with Crippen molar-refractivity contribution in [2.75, 3.05) is 0 Å². The first-order valence-corrected chi connectivity index (χ1v) is 10.5. The molecule has 1 heterocycles. The van der Waals surface area contributed by atoms with Crippen LogP contribution >= 0.6 is 0 Å². The van der Waals surface area contributed by atoms with Crippen LogP contribution in [0.15, 0.2) is 79.0 Å². The SMILES string of the molecule is CCCCCCc1ccc(-c2cccc(-c3nccc4ccc(F)cc34)c2)cc1. The number of benzene rings is 3. The number of pyridine rings is 1. The molecule has 0 radical (unpaired) electrons. The largest absolute Gasteiger partial charge is 0.256 e. The Kier molecular flexibility index (Phi) is 6.00. The molecule has 0 aliphatic rings. The van der Waals surface area contributed by atoms with E-state index in [0.29, 0.717) is 0 Å². The molecule has 1 aromatic heterocycles. The first kappa shape index (κ1) is 19.3. The maximum absolute atomic E-state index is 13.8. The summed E-state index contributed by atoms with van der Waals surface area (Å²) in [5.74, 6) is -0.238. The van der Waals surface area contributed by atoms with Gasteiger partial charge in [-0.05, 0) is 59.2 Å². The van der Waals surface area contributed by atoms with Gasteiger partial charge in [0.1, 0.15) is 5.82 Å². The second kappa shape index (κ2) is 9.00. The standard InChI is InChI=1S/C27H26FN/c1-2-3-4-5-7-20-10-12-21(13-11-20)23-8-6-9-24(18-23)27-26-19-25(28)15-14-22(26)16-17-29-27/h6,8-19H,2-5,7H2,1H3. The quantitative estimate of drug-likeness (QED) is 0.296. The number of fused-ring (bicyclic) bond motifs is 1. The molecule has 0 saturated heterocycles. The fraction of sp³-hybridized carbons (Fsp3) is 0.222. The van der Waals surface area contributed by atoms with Gasteiger partial charge >= 0.3 is 0 Å². The molecule has 0 unspecified atom stereocenters. The third-order valence-electron chi connectivity index (χ3n) is 5.47. The van der Waals surface area contributed by atoms with Crippen LogP contribution < -0.4 is 0 Å². The fourth-order valence-electron chi connectivity index (χ4n) is 3.84. The Labute approximate surface area is 172 Å². The predicted molar refractivity (Wildman–Crippen MR) is 120 cm³/mol. The molecule has 1 nitrogen and oxygen atoms in total. The summed E-state index contributed by atoms with van der Waals surface area (Å²) in [6.07, 6.45) is 8.08. The van der Waals surface area contributed by atoms with E-state index in [2.05, 4.69) is 48.3 Å². The first-order valence-electron chi connectivity index (χ1n) is 10.5. The monoisotopic (exact) mass is 383 g/mol. The van der Waals surface area contributed by atoms with Gasteiger partial charge in [0.05, 0.1) is 5.69 Å². The summed E-state index contributed by atoms with van der Waals surface area (Å²) < 4.78 is 13.8. The van der Waals surface area contributed by atoms with Crippen molar-refractivity contribution in [1.82, 2.24) is 4.98 Å². The van der Waals surface area contributed by atoms with E-state index in [0.717, 1.165) is 34.0 Å². The van der Waals surface area contributed by atoms with E-state index in [4.69, 9.17) is 0 Å². The van der Waals surface area contributed by atoms with Gasteiger partial charge in [-0.1, -0.05) is 74.7 Å². The Bertz CT molecular complexity index is 1100. The molecular weight excluding hydrogens is 357 g/mol. The molecule has 4 aromatic rings. The summed E-state index contributed by atoms with van der Waals surface area (Å²) >= 11 is 0. The second-order valence-electron chi connectivity index (χ2n) is 7.61. The number of halogens is 1. The van der Waals surface area contributed by atoms with Gasteiger partial charge in [0.15, 0.2) is 0 Å². The second-order valence-corrected chi connectivity index (χ2v) is 7.61. The lowest BCUT2D eigenvalue weighted by molar-refractivity contribution is 0.629. The fourth-order valence-corrected chi connectivity index (χ4v) is 3.84. The summed E-state index contributed by atoms with van der Waals surface area (Å²) in [5.41, 5.74) is 5.55. The average Bonchev–Trinajstić information content (AvgIpc) is 2.77. The Hall–Kier alpha value is -3.00. The minimum atomic E-state index is -0.238. The Morgan fingerprint density at radius 3 is 2.41 bits per heavy atom. The molecule has 0 bridgehead atoms. The van der Waals surface area contributed by atoms with Crippen molar-refractivity contribution in [3.63, 3.8) is 0 Å². The summed E-state index contributed by atoms with van der Waals surface area (Å²) in [6.45, 7) is 2.24. The van der Waals surface area contributed by atoms with Crippen LogP contribution in [0.3, 0.4) is 0 Å². The zero-order chi connectivity index (χ0) is 20.1. The van der Waals surface area contributed by atoms with E-state index >= 15 is 0 Å². The topological polar surface area (TPSA) is 12.9 Å². The van der Waals surface area contributed by atoms with Gasteiger partial charge in [0.2, 0.25) is 0 Å². The highest BCUT2D eigenvalue weighted by molar-refractivity contribution is 5.95. The molecule has 146 valence electrons. The van der Waals surface area contributed by atoms with E-state index in [-0.39, 0.29) is 5.82 Å². The summed E-state index contributed by atoms with van der Waals surface area (Å²) in [5, 5.41) is 1.83.